The number of H-pyrrole nitrogens is 1. The first-order valence-corrected chi connectivity index (χ1v) is 4.60. The molecule has 0 aliphatic rings. The molecule has 1 aromatic rings. The highest BCUT2D eigenvalue weighted by Gasteiger charge is 2.02. The van der Waals surface area contributed by atoms with Gasteiger partial charge in [0, 0.05) is 11.8 Å². The molecular weight excluding hydrogens is 188 g/mol. The lowest BCUT2D eigenvalue weighted by atomic mass is 10.3. The van der Waals surface area contributed by atoms with E-state index in [9.17, 15) is 4.79 Å². The van der Waals surface area contributed by atoms with Crippen molar-refractivity contribution in [1.82, 2.24) is 9.78 Å². The highest BCUT2D eigenvalue weighted by Crippen LogP contribution is 2.01. The van der Waals surface area contributed by atoms with Crippen LogP contribution in [0.4, 0.5) is 0 Å². The van der Waals surface area contributed by atoms with Gasteiger partial charge in [0.25, 0.3) is 5.56 Å². The summed E-state index contributed by atoms with van der Waals surface area (Å²) in [6.45, 7) is 8.98. The number of rotatable bonds is 4. The Kier molecular flexibility index (Phi) is 3.68. The molecule has 3 nitrogen and oxygen atoms in total. The average molecular weight is 202 g/mol. The Balaban J connectivity index is 3.13. The number of nitrogens with zero attached hydrogens (tertiary/aromatic N) is 1. The fourth-order valence-corrected chi connectivity index (χ4v) is 1.12. The van der Waals surface area contributed by atoms with Gasteiger partial charge < -0.3 is 0 Å². The summed E-state index contributed by atoms with van der Waals surface area (Å²) in [5.41, 5.74) is 1.31. The summed E-state index contributed by atoms with van der Waals surface area (Å²) < 4.78 is 1.44. The van der Waals surface area contributed by atoms with Crippen molar-refractivity contribution in [3.63, 3.8) is 0 Å². The van der Waals surface area contributed by atoms with Crippen LogP contribution in [0.5, 0.6) is 0 Å². The molecule has 0 aliphatic heterocycles. The second kappa shape index (κ2) is 5.00. The molecular formula is C12H14N2O. The number of hydrogen-bond acceptors (Lipinski definition) is 1. The van der Waals surface area contributed by atoms with Gasteiger partial charge in [-0.3, -0.25) is 9.89 Å². The van der Waals surface area contributed by atoms with Gasteiger partial charge >= 0.3 is 0 Å². The van der Waals surface area contributed by atoms with Crippen LogP contribution in [0.25, 0.3) is 5.70 Å². The van der Waals surface area contributed by atoms with Gasteiger partial charge in [-0.05, 0) is 19.1 Å². The smallest absolute Gasteiger partial charge is 0.274 e. The van der Waals surface area contributed by atoms with Crippen LogP contribution >= 0.6 is 0 Å². The summed E-state index contributed by atoms with van der Waals surface area (Å²) >= 11 is 0. The van der Waals surface area contributed by atoms with Crippen molar-refractivity contribution in [2.24, 2.45) is 0 Å². The molecule has 0 amide bonds. The third-order valence-electron chi connectivity index (χ3n) is 1.93. The van der Waals surface area contributed by atoms with E-state index in [1.165, 1.54) is 4.68 Å². The van der Waals surface area contributed by atoms with Crippen LogP contribution in [-0.2, 0) is 0 Å². The van der Waals surface area contributed by atoms with E-state index in [2.05, 4.69) is 18.3 Å². The number of hydrogen-bond donors (Lipinski definition) is 1. The third kappa shape index (κ3) is 2.47. The maximum Gasteiger partial charge on any atom is 0.274 e. The largest absolute Gasteiger partial charge is 0.298 e. The highest BCUT2D eigenvalue weighted by molar-refractivity contribution is 5.57. The van der Waals surface area contributed by atoms with Gasteiger partial charge in [0.1, 0.15) is 0 Å². The zero-order valence-corrected chi connectivity index (χ0v) is 8.73. The average Bonchev–Trinajstić information content (AvgIpc) is 2.56. The van der Waals surface area contributed by atoms with Gasteiger partial charge in [0.05, 0.1) is 5.70 Å². The van der Waals surface area contributed by atoms with Crippen molar-refractivity contribution in [3.8, 4) is 0 Å². The maximum absolute atomic E-state index is 11.6. The highest BCUT2D eigenvalue weighted by atomic mass is 16.1. The van der Waals surface area contributed by atoms with Crippen LogP contribution in [0.2, 0.25) is 0 Å². The SMILES string of the molecule is C=C/C=C\C=C(/C=C)n1[nH]cc(C)c1=O. The summed E-state index contributed by atoms with van der Waals surface area (Å²) in [6.07, 6.45) is 10.3. The molecule has 0 spiro atoms. The van der Waals surface area contributed by atoms with Crippen molar-refractivity contribution < 1.29 is 0 Å². The Hall–Kier alpha value is -2.03. The summed E-state index contributed by atoms with van der Waals surface area (Å²) in [4.78, 5) is 11.6. The number of aromatic nitrogens is 2. The second-order valence-corrected chi connectivity index (χ2v) is 3.01. The zero-order valence-electron chi connectivity index (χ0n) is 8.73. The van der Waals surface area contributed by atoms with E-state index in [-0.39, 0.29) is 5.56 Å². The van der Waals surface area contributed by atoms with Crippen LogP contribution in [0.3, 0.4) is 0 Å². The molecule has 78 valence electrons. The van der Waals surface area contributed by atoms with Crippen LogP contribution in [-0.4, -0.2) is 9.78 Å². The van der Waals surface area contributed by atoms with E-state index in [1.54, 1.807) is 43.5 Å². The standard InChI is InChI=1S/C12H14N2O/c1-4-6-7-8-11(5-2)14-12(15)10(3)9-13-14/h4-9,13H,1-2H2,3H3/b7-6-,11-8+. The minimum absolute atomic E-state index is 0.0619. The maximum atomic E-state index is 11.6. The number of allylic oxidation sites excluding steroid dienone is 6. The van der Waals surface area contributed by atoms with Gasteiger partial charge in [-0.1, -0.05) is 31.4 Å². The second-order valence-electron chi connectivity index (χ2n) is 3.01. The number of aromatic amines is 1. The van der Waals surface area contributed by atoms with Crippen LogP contribution in [0, 0.1) is 6.92 Å². The molecule has 3 heteroatoms. The van der Waals surface area contributed by atoms with Crippen molar-refractivity contribution in [3.05, 3.63) is 65.7 Å². The van der Waals surface area contributed by atoms with Gasteiger partial charge in [-0.25, -0.2) is 4.68 Å². The molecule has 0 aromatic carbocycles. The quantitative estimate of drug-likeness (QED) is 0.747. The molecule has 1 N–H and O–H groups in total. The summed E-state index contributed by atoms with van der Waals surface area (Å²) in [5, 5.41) is 2.86. The third-order valence-corrected chi connectivity index (χ3v) is 1.93. The number of aryl methyl sites for hydroxylation is 1. The van der Waals surface area contributed by atoms with Crippen LogP contribution < -0.4 is 5.56 Å². The van der Waals surface area contributed by atoms with Crippen molar-refractivity contribution in [2.75, 3.05) is 0 Å². The van der Waals surface area contributed by atoms with E-state index in [1.807, 2.05) is 0 Å². The van der Waals surface area contributed by atoms with Gasteiger partial charge in [-0.2, -0.15) is 0 Å². The van der Waals surface area contributed by atoms with Crippen molar-refractivity contribution in [2.45, 2.75) is 6.92 Å². The molecule has 0 saturated carbocycles. The Bertz CT molecular complexity index is 472. The Morgan fingerprint density at radius 2 is 2.20 bits per heavy atom. The molecule has 1 rings (SSSR count). The Morgan fingerprint density at radius 1 is 1.47 bits per heavy atom. The van der Waals surface area contributed by atoms with Gasteiger partial charge in [-0.15, -0.1) is 0 Å². The molecule has 0 saturated heterocycles. The molecule has 0 aliphatic carbocycles. The van der Waals surface area contributed by atoms with E-state index >= 15 is 0 Å². The first-order valence-electron chi connectivity index (χ1n) is 4.60. The van der Waals surface area contributed by atoms with E-state index < -0.39 is 0 Å². The fourth-order valence-electron chi connectivity index (χ4n) is 1.12. The van der Waals surface area contributed by atoms with Crippen LogP contribution in [0.15, 0.2) is 54.5 Å². The van der Waals surface area contributed by atoms with E-state index in [0.717, 1.165) is 0 Å². The molecule has 0 radical (unpaired) electrons. The van der Waals surface area contributed by atoms with Gasteiger partial charge in [0.2, 0.25) is 0 Å². The molecule has 15 heavy (non-hydrogen) atoms. The molecule has 0 bridgehead atoms. The molecule has 0 atom stereocenters. The minimum Gasteiger partial charge on any atom is -0.298 e. The van der Waals surface area contributed by atoms with E-state index in [4.69, 9.17) is 0 Å². The summed E-state index contributed by atoms with van der Waals surface area (Å²) in [6, 6.07) is 0. The zero-order chi connectivity index (χ0) is 11.3. The normalized spacial score (nSPS) is 11.9. The Labute approximate surface area is 88.7 Å². The lowest BCUT2D eigenvalue weighted by molar-refractivity contribution is 0.877. The van der Waals surface area contributed by atoms with Crippen molar-refractivity contribution in [1.29, 1.82) is 0 Å². The minimum atomic E-state index is -0.0619. The molecule has 1 aromatic heterocycles. The first kappa shape index (κ1) is 11.0. The predicted octanol–water partition coefficient (Wildman–Crippen LogP) is 2.25. The number of nitrogens with one attached hydrogen (secondary N) is 1. The summed E-state index contributed by atoms with van der Waals surface area (Å²) in [5.74, 6) is 0. The fraction of sp³-hybridized carbons (Fsp3) is 0.0833. The van der Waals surface area contributed by atoms with Crippen molar-refractivity contribution >= 4 is 5.70 Å². The lowest BCUT2D eigenvalue weighted by Crippen LogP contribution is -2.16. The summed E-state index contributed by atoms with van der Waals surface area (Å²) in [7, 11) is 0. The molecule has 0 unspecified atom stereocenters. The first-order chi connectivity index (χ1) is 7.20. The van der Waals surface area contributed by atoms with E-state index in [0.29, 0.717) is 11.3 Å². The Morgan fingerprint density at radius 3 is 2.67 bits per heavy atom. The van der Waals surface area contributed by atoms with Crippen LogP contribution in [0.1, 0.15) is 5.56 Å². The predicted molar refractivity (Wildman–Crippen MR) is 63.6 cm³/mol. The van der Waals surface area contributed by atoms with Gasteiger partial charge in [0.15, 0.2) is 0 Å². The monoisotopic (exact) mass is 202 g/mol. The topological polar surface area (TPSA) is 37.8 Å². The molecule has 1 heterocycles. The molecule has 0 fully saturated rings. The lowest BCUT2D eigenvalue weighted by Gasteiger charge is -1.99.